The summed E-state index contributed by atoms with van der Waals surface area (Å²) >= 11 is 0. The quantitative estimate of drug-likeness (QED) is 0.752. The van der Waals surface area contributed by atoms with Crippen molar-refractivity contribution in [3.63, 3.8) is 0 Å². The van der Waals surface area contributed by atoms with Gasteiger partial charge in [0.05, 0.1) is 6.10 Å². The van der Waals surface area contributed by atoms with Gasteiger partial charge in [-0.15, -0.1) is 0 Å². The van der Waals surface area contributed by atoms with Gasteiger partial charge in [0.25, 0.3) is 0 Å². The molecule has 0 aliphatic carbocycles. The van der Waals surface area contributed by atoms with Crippen LogP contribution >= 0.6 is 0 Å². The van der Waals surface area contributed by atoms with Crippen molar-refractivity contribution in [2.45, 2.75) is 38.7 Å². The number of aliphatic hydroxyl groups excluding tert-OH is 1. The summed E-state index contributed by atoms with van der Waals surface area (Å²) in [5.41, 5.74) is 0.225. The number of anilines is 1. The van der Waals surface area contributed by atoms with Crippen molar-refractivity contribution in [3.8, 4) is 0 Å². The van der Waals surface area contributed by atoms with E-state index in [0.717, 1.165) is 0 Å². The molecule has 1 aromatic carbocycles. The number of amides is 2. The number of urea groups is 1. The highest BCUT2D eigenvalue weighted by Gasteiger charge is 2.30. The van der Waals surface area contributed by atoms with Gasteiger partial charge in [-0.2, -0.15) is 0 Å². The summed E-state index contributed by atoms with van der Waals surface area (Å²) in [7, 11) is -1.03. The minimum Gasteiger partial charge on any atom is -0.392 e. The van der Waals surface area contributed by atoms with E-state index in [0.29, 0.717) is 17.1 Å². The van der Waals surface area contributed by atoms with Gasteiger partial charge in [0.15, 0.2) is 0 Å². The number of hydrogen-bond acceptors (Lipinski definition) is 3. The first-order valence-electron chi connectivity index (χ1n) is 7.30. The lowest BCUT2D eigenvalue weighted by atomic mass is 9.81. The van der Waals surface area contributed by atoms with E-state index in [4.69, 9.17) is 0 Å². The number of benzene rings is 1. The monoisotopic (exact) mass is 326 g/mol. The first kappa shape index (κ1) is 18.6. The molecule has 2 amide bonds. The topological polar surface area (TPSA) is 78.4 Å². The van der Waals surface area contributed by atoms with Crippen LogP contribution in [0.25, 0.3) is 0 Å². The molecule has 0 saturated heterocycles. The molecule has 0 bridgehead atoms. The third-order valence-electron chi connectivity index (χ3n) is 3.58. The van der Waals surface area contributed by atoms with Gasteiger partial charge in [0, 0.05) is 39.6 Å². The summed E-state index contributed by atoms with van der Waals surface area (Å²) in [6.45, 7) is 8.11. The minimum absolute atomic E-state index is 0.127. The molecular formula is C16H26N2O3S. The Balaban J connectivity index is 2.54. The summed E-state index contributed by atoms with van der Waals surface area (Å²) < 4.78 is 11.3. The largest absolute Gasteiger partial charge is 0.392 e. The van der Waals surface area contributed by atoms with Crippen molar-refractivity contribution >= 4 is 22.5 Å². The van der Waals surface area contributed by atoms with Gasteiger partial charge in [-0.05, 0) is 30.2 Å². The molecule has 0 aromatic heterocycles. The van der Waals surface area contributed by atoms with Gasteiger partial charge in [-0.25, -0.2) is 4.79 Å². The van der Waals surface area contributed by atoms with Crippen molar-refractivity contribution in [3.05, 3.63) is 24.3 Å². The van der Waals surface area contributed by atoms with Crippen LogP contribution in [0, 0.1) is 11.3 Å². The van der Waals surface area contributed by atoms with Crippen LogP contribution in [0.1, 0.15) is 27.7 Å². The number of carbonyl (C=O) groups excluding carboxylic acids is 1. The molecule has 0 unspecified atom stereocenters. The van der Waals surface area contributed by atoms with E-state index in [1.54, 1.807) is 30.5 Å². The fraction of sp³-hybridized carbons (Fsp3) is 0.562. The van der Waals surface area contributed by atoms with Crippen LogP contribution in [0.15, 0.2) is 29.2 Å². The third kappa shape index (κ3) is 5.42. The summed E-state index contributed by atoms with van der Waals surface area (Å²) in [6, 6.07) is 6.54. The second kappa shape index (κ2) is 7.74. The lowest BCUT2D eigenvalue weighted by molar-refractivity contribution is 0.0154. The number of hydrogen-bond donors (Lipinski definition) is 3. The Morgan fingerprint density at radius 3 is 2.27 bits per heavy atom. The summed E-state index contributed by atoms with van der Waals surface area (Å²) in [5.74, 6) is 0.127. The second-order valence-corrected chi connectivity index (χ2v) is 7.84. The molecule has 0 fully saturated rings. The molecule has 1 rings (SSSR count). The first-order chi connectivity index (χ1) is 10.1. The van der Waals surface area contributed by atoms with Crippen molar-refractivity contribution < 1.29 is 14.1 Å². The molecule has 0 aliphatic rings. The Morgan fingerprint density at radius 1 is 1.27 bits per heavy atom. The van der Waals surface area contributed by atoms with Crippen LogP contribution in [0.3, 0.4) is 0 Å². The highest BCUT2D eigenvalue weighted by molar-refractivity contribution is 7.84. The van der Waals surface area contributed by atoms with Crippen molar-refractivity contribution in [2.75, 3.05) is 18.1 Å². The number of carbonyl (C=O) groups is 1. The SMILES string of the molecule is CC(C)[C@@H](O)C(C)(C)CNC(=O)Nc1ccc([S@@](C)=O)cc1. The molecule has 6 heteroatoms. The fourth-order valence-electron chi connectivity index (χ4n) is 2.22. The Kier molecular flexibility index (Phi) is 6.56. The smallest absolute Gasteiger partial charge is 0.319 e. The minimum atomic E-state index is -1.03. The van der Waals surface area contributed by atoms with E-state index in [1.807, 2.05) is 27.7 Å². The van der Waals surface area contributed by atoms with Gasteiger partial charge >= 0.3 is 6.03 Å². The van der Waals surface area contributed by atoms with E-state index >= 15 is 0 Å². The Bertz CT molecular complexity index is 527. The maximum atomic E-state index is 11.9. The highest BCUT2D eigenvalue weighted by atomic mass is 32.2. The molecule has 0 heterocycles. The van der Waals surface area contributed by atoms with Crippen LogP contribution < -0.4 is 10.6 Å². The Labute approximate surface area is 135 Å². The highest BCUT2D eigenvalue weighted by Crippen LogP contribution is 2.25. The molecule has 2 atom stereocenters. The molecule has 0 spiro atoms. The predicted octanol–water partition coefficient (Wildman–Crippen LogP) is 2.59. The average molecular weight is 326 g/mol. The van der Waals surface area contributed by atoms with Crippen LogP contribution in [0.4, 0.5) is 10.5 Å². The van der Waals surface area contributed by atoms with Gasteiger partial charge in [0.2, 0.25) is 0 Å². The third-order valence-corrected chi connectivity index (χ3v) is 4.52. The van der Waals surface area contributed by atoms with Gasteiger partial charge in [0.1, 0.15) is 0 Å². The fourth-order valence-corrected chi connectivity index (χ4v) is 2.74. The zero-order valence-corrected chi connectivity index (χ0v) is 14.7. The lowest BCUT2D eigenvalue weighted by Gasteiger charge is -2.33. The molecule has 0 radical (unpaired) electrons. The summed E-state index contributed by atoms with van der Waals surface area (Å²) in [6.07, 6.45) is 1.11. The van der Waals surface area contributed by atoms with E-state index in [2.05, 4.69) is 10.6 Å². The number of nitrogens with one attached hydrogen (secondary N) is 2. The molecule has 0 aliphatic heterocycles. The average Bonchev–Trinajstić information content (AvgIpc) is 2.45. The molecule has 124 valence electrons. The van der Waals surface area contributed by atoms with Crippen molar-refractivity contribution in [1.82, 2.24) is 5.32 Å². The van der Waals surface area contributed by atoms with E-state index in [9.17, 15) is 14.1 Å². The molecule has 0 saturated carbocycles. The van der Waals surface area contributed by atoms with Gasteiger partial charge in [-0.1, -0.05) is 27.7 Å². The first-order valence-corrected chi connectivity index (χ1v) is 8.85. The van der Waals surface area contributed by atoms with Gasteiger partial charge in [-0.3, -0.25) is 4.21 Å². The predicted molar refractivity (Wildman–Crippen MR) is 90.4 cm³/mol. The Hall–Kier alpha value is -1.40. The molecule has 1 aromatic rings. The van der Waals surface area contributed by atoms with Crippen LogP contribution in [-0.4, -0.2) is 34.3 Å². The standard InChI is InChI=1S/C16H26N2O3S/c1-11(2)14(19)16(3,4)10-17-15(20)18-12-6-8-13(9-7-12)22(5)21/h6-9,11,14,19H,10H2,1-5H3,(H2,17,18,20)/t14-,22-/m1/s1. The molecule has 22 heavy (non-hydrogen) atoms. The second-order valence-electron chi connectivity index (χ2n) is 6.46. The molecular weight excluding hydrogens is 300 g/mol. The van der Waals surface area contributed by atoms with Crippen LogP contribution in [0.2, 0.25) is 0 Å². The number of aliphatic hydroxyl groups is 1. The van der Waals surface area contributed by atoms with E-state index in [-0.39, 0.29) is 11.9 Å². The van der Waals surface area contributed by atoms with E-state index < -0.39 is 22.3 Å². The molecule has 3 N–H and O–H groups in total. The van der Waals surface area contributed by atoms with E-state index in [1.165, 1.54) is 0 Å². The van der Waals surface area contributed by atoms with Gasteiger partial charge < -0.3 is 15.7 Å². The van der Waals surface area contributed by atoms with Crippen molar-refractivity contribution in [2.24, 2.45) is 11.3 Å². The van der Waals surface area contributed by atoms with Crippen LogP contribution in [-0.2, 0) is 10.8 Å². The maximum absolute atomic E-state index is 11.9. The lowest BCUT2D eigenvalue weighted by Crippen LogP contribution is -2.44. The zero-order chi connectivity index (χ0) is 16.9. The number of rotatable bonds is 6. The summed E-state index contributed by atoms with van der Waals surface area (Å²) in [4.78, 5) is 12.6. The normalized spacial score (nSPS) is 14.5. The Morgan fingerprint density at radius 2 is 1.82 bits per heavy atom. The maximum Gasteiger partial charge on any atom is 0.319 e. The molecule has 5 nitrogen and oxygen atoms in total. The summed E-state index contributed by atoms with van der Waals surface area (Å²) in [5, 5.41) is 15.6. The van der Waals surface area contributed by atoms with Crippen molar-refractivity contribution in [1.29, 1.82) is 0 Å². The van der Waals surface area contributed by atoms with Crippen LogP contribution in [0.5, 0.6) is 0 Å². The zero-order valence-electron chi connectivity index (χ0n) is 13.8.